The van der Waals surface area contributed by atoms with Gasteiger partial charge in [-0.3, -0.25) is 4.98 Å². The Kier molecular flexibility index (Phi) is 3.67. The number of hydrogen-bond donors (Lipinski definition) is 1. The Labute approximate surface area is 71.6 Å². The molecule has 0 aliphatic heterocycles. The van der Waals surface area contributed by atoms with E-state index in [0.29, 0.717) is 6.54 Å². The van der Waals surface area contributed by atoms with Gasteiger partial charge in [-0.15, -0.1) is 0 Å². The van der Waals surface area contributed by atoms with Gasteiger partial charge in [0.15, 0.2) is 0 Å². The second-order valence-corrected chi connectivity index (χ2v) is 2.71. The first-order valence-electron chi connectivity index (χ1n) is 4.13. The summed E-state index contributed by atoms with van der Waals surface area (Å²) >= 11 is 0. The second-order valence-electron chi connectivity index (χ2n) is 2.71. The van der Waals surface area contributed by atoms with Crippen LogP contribution in [0.5, 0.6) is 0 Å². The zero-order valence-electron chi connectivity index (χ0n) is 6.96. The molecule has 1 rings (SSSR count). The lowest BCUT2D eigenvalue weighted by atomic mass is 10.2. The molecule has 0 atom stereocenters. The zero-order valence-corrected chi connectivity index (χ0v) is 6.96. The van der Waals surface area contributed by atoms with Gasteiger partial charge in [0, 0.05) is 5.69 Å². The van der Waals surface area contributed by atoms with Crippen LogP contribution in [0.25, 0.3) is 0 Å². The van der Waals surface area contributed by atoms with E-state index in [2.05, 4.69) is 4.98 Å². The van der Waals surface area contributed by atoms with Crippen LogP contribution in [0.2, 0.25) is 0 Å². The molecule has 2 nitrogen and oxygen atoms in total. The highest BCUT2D eigenvalue weighted by Crippen LogP contribution is 2.02. The Morgan fingerprint density at radius 2 is 2.17 bits per heavy atom. The topological polar surface area (TPSA) is 38.9 Å². The molecule has 0 spiro atoms. The van der Waals surface area contributed by atoms with Crippen LogP contribution in [-0.2, 0) is 6.42 Å². The smallest absolute Gasteiger partial charge is 0.141 e. The van der Waals surface area contributed by atoms with Crippen LogP contribution in [-0.4, -0.2) is 11.5 Å². The van der Waals surface area contributed by atoms with Gasteiger partial charge in [0.05, 0.1) is 6.20 Å². The van der Waals surface area contributed by atoms with Crippen molar-refractivity contribution < 1.29 is 4.39 Å². The van der Waals surface area contributed by atoms with E-state index in [9.17, 15) is 4.39 Å². The Morgan fingerprint density at radius 1 is 1.33 bits per heavy atom. The third-order valence-corrected chi connectivity index (χ3v) is 1.68. The third-order valence-electron chi connectivity index (χ3n) is 1.68. The fourth-order valence-corrected chi connectivity index (χ4v) is 1.00. The van der Waals surface area contributed by atoms with Crippen molar-refractivity contribution in [2.24, 2.45) is 5.73 Å². The molecule has 0 aliphatic carbocycles. The highest BCUT2D eigenvalue weighted by atomic mass is 19.1. The van der Waals surface area contributed by atoms with Crippen molar-refractivity contribution in [3.05, 3.63) is 29.8 Å². The minimum Gasteiger partial charge on any atom is -0.330 e. The summed E-state index contributed by atoms with van der Waals surface area (Å²) in [6.45, 7) is 0.710. The summed E-state index contributed by atoms with van der Waals surface area (Å²) in [6, 6.07) is 3.15. The van der Waals surface area contributed by atoms with Crippen molar-refractivity contribution >= 4 is 0 Å². The number of aromatic nitrogens is 1. The van der Waals surface area contributed by atoms with Crippen molar-refractivity contribution in [1.29, 1.82) is 0 Å². The maximum atomic E-state index is 12.4. The quantitative estimate of drug-likeness (QED) is 0.692. The minimum absolute atomic E-state index is 0.280. The summed E-state index contributed by atoms with van der Waals surface area (Å²) < 4.78 is 12.4. The van der Waals surface area contributed by atoms with Crippen LogP contribution in [0.15, 0.2) is 18.3 Å². The fourth-order valence-electron chi connectivity index (χ4n) is 1.00. The maximum Gasteiger partial charge on any atom is 0.141 e. The van der Waals surface area contributed by atoms with Crippen LogP contribution < -0.4 is 5.73 Å². The van der Waals surface area contributed by atoms with Gasteiger partial charge < -0.3 is 5.73 Å². The van der Waals surface area contributed by atoms with Crippen LogP contribution in [0.3, 0.4) is 0 Å². The predicted molar refractivity (Wildman–Crippen MR) is 46.2 cm³/mol. The molecular weight excluding hydrogens is 155 g/mol. The predicted octanol–water partition coefficient (Wildman–Crippen LogP) is 1.50. The van der Waals surface area contributed by atoms with Gasteiger partial charge in [0.1, 0.15) is 5.82 Å². The molecule has 12 heavy (non-hydrogen) atoms. The number of rotatable bonds is 4. The lowest BCUT2D eigenvalue weighted by Gasteiger charge is -1.98. The average molecular weight is 168 g/mol. The SMILES string of the molecule is NCCCCc1ccc(F)cn1. The Bertz CT molecular complexity index is 220. The van der Waals surface area contributed by atoms with Crippen LogP contribution in [0.1, 0.15) is 18.5 Å². The van der Waals surface area contributed by atoms with E-state index >= 15 is 0 Å². The highest BCUT2D eigenvalue weighted by molar-refractivity contribution is 5.05. The van der Waals surface area contributed by atoms with Crippen LogP contribution >= 0.6 is 0 Å². The van der Waals surface area contributed by atoms with E-state index in [1.54, 1.807) is 6.07 Å². The number of hydrogen-bond acceptors (Lipinski definition) is 2. The molecule has 1 aromatic heterocycles. The summed E-state index contributed by atoms with van der Waals surface area (Å²) in [7, 11) is 0. The number of pyridine rings is 1. The van der Waals surface area contributed by atoms with Crippen molar-refractivity contribution in [3.8, 4) is 0 Å². The van der Waals surface area contributed by atoms with Gasteiger partial charge in [-0.1, -0.05) is 0 Å². The molecule has 1 heterocycles. The summed E-state index contributed by atoms with van der Waals surface area (Å²) in [5.74, 6) is -0.280. The molecule has 0 amide bonds. The summed E-state index contributed by atoms with van der Waals surface area (Å²) in [5.41, 5.74) is 6.27. The van der Waals surface area contributed by atoms with E-state index in [4.69, 9.17) is 5.73 Å². The Hall–Kier alpha value is -0.960. The average Bonchev–Trinajstić information content (AvgIpc) is 2.09. The lowest BCUT2D eigenvalue weighted by molar-refractivity contribution is 0.617. The Balaban J connectivity index is 2.37. The van der Waals surface area contributed by atoms with E-state index < -0.39 is 0 Å². The molecule has 0 aromatic carbocycles. The van der Waals surface area contributed by atoms with E-state index in [1.165, 1.54) is 12.3 Å². The van der Waals surface area contributed by atoms with Crippen molar-refractivity contribution in [3.63, 3.8) is 0 Å². The summed E-state index contributed by atoms with van der Waals surface area (Å²) in [5, 5.41) is 0. The number of aryl methyl sites for hydroxylation is 1. The standard InChI is InChI=1S/C9H13FN2/c10-8-4-5-9(12-7-8)3-1-2-6-11/h4-5,7H,1-3,6,11H2. The molecule has 3 heteroatoms. The molecular formula is C9H13FN2. The van der Waals surface area contributed by atoms with Gasteiger partial charge in [-0.25, -0.2) is 4.39 Å². The van der Waals surface area contributed by atoms with E-state index in [0.717, 1.165) is 25.0 Å². The van der Waals surface area contributed by atoms with Crippen molar-refractivity contribution in [1.82, 2.24) is 4.98 Å². The number of unbranched alkanes of at least 4 members (excludes halogenated alkanes) is 1. The second kappa shape index (κ2) is 4.83. The molecule has 2 N–H and O–H groups in total. The summed E-state index contributed by atoms with van der Waals surface area (Å²) in [6.07, 6.45) is 4.16. The largest absolute Gasteiger partial charge is 0.330 e. The number of nitrogens with two attached hydrogens (primary N) is 1. The minimum atomic E-state index is -0.280. The first kappa shape index (κ1) is 9.13. The molecule has 0 radical (unpaired) electrons. The third kappa shape index (κ3) is 2.96. The van der Waals surface area contributed by atoms with Gasteiger partial charge in [-0.2, -0.15) is 0 Å². The number of halogens is 1. The monoisotopic (exact) mass is 168 g/mol. The fraction of sp³-hybridized carbons (Fsp3) is 0.444. The van der Waals surface area contributed by atoms with Crippen LogP contribution in [0.4, 0.5) is 4.39 Å². The molecule has 0 fully saturated rings. The normalized spacial score (nSPS) is 10.2. The molecule has 1 aromatic rings. The van der Waals surface area contributed by atoms with Crippen LogP contribution in [0, 0.1) is 5.82 Å². The molecule has 0 bridgehead atoms. The zero-order chi connectivity index (χ0) is 8.81. The summed E-state index contributed by atoms with van der Waals surface area (Å²) in [4.78, 5) is 3.93. The van der Waals surface area contributed by atoms with E-state index in [-0.39, 0.29) is 5.82 Å². The highest BCUT2D eigenvalue weighted by Gasteiger charge is 1.94. The van der Waals surface area contributed by atoms with Crippen molar-refractivity contribution in [2.45, 2.75) is 19.3 Å². The maximum absolute atomic E-state index is 12.4. The van der Waals surface area contributed by atoms with Gasteiger partial charge >= 0.3 is 0 Å². The van der Waals surface area contributed by atoms with E-state index in [1.807, 2.05) is 0 Å². The van der Waals surface area contributed by atoms with Gasteiger partial charge in [-0.05, 0) is 37.9 Å². The first-order chi connectivity index (χ1) is 5.83. The van der Waals surface area contributed by atoms with Gasteiger partial charge in [0.2, 0.25) is 0 Å². The van der Waals surface area contributed by atoms with Gasteiger partial charge in [0.25, 0.3) is 0 Å². The molecule has 0 aliphatic rings. The molecule has 0 saturated carbocycles. The Morgan fingerprint density at radius 3 is 2.75 bits per heavy atom. The van der Waals surface area contributed by atoms with Crippen molar-refractivity contribution in [2.75, 3.05) is 6.54 Å². The molecule has 66 valence electrons. The molecule has 0 unspecified atom stereocenters. The molecule has 0 saturated heterocycles. The first-order valence-corrected chi connectivity index (χ1v) is 4.13. The number of nitrogens with zero attached hydrogens (tertiary/aromatic N) is 1. The lowest BCUT2D eigenvalue weighted by Crippen LogP contribution is -1.99.